The maximum atomic E-state index is 6.50. The van der Waals surface area contributed by atoms with Crippen molar-refractivity contribution in [2.75, 3.05) is 13.7 Å². The van der Waals surface area contributed by atoms with E-state index in [2.05, 4.69) is 49.4 Å². The highest BCUT2D eigenvalue weighted by Gasteiger charge is 2.44. The summed E-state index contributed by atoms with van der Waals surface area (Å²) in [7, 11) is 1.72. The Balaban J connectivity index is 1.92. The molecule has 0 amide bonds. The van der Waals surface area contributed by atoms with Crippen molar-refractivity contribution in [3.05, 3.63) is 59.7 Å². The van der Waals surface area contributed by atoms with Gasteiger partial charge in [0.25, 0.3) is 0 Å². The molecule has 1 unspecified atom stereocenters. The first-order valence-corrected chi connectivity index (χ1v) is 10.7. The minimum absolute atomic E-state index is 0.148. The van der Waals surface area contributed by atoms with Gasteiger partial charge in [0.1, 0.15) is 11.5 Å². The molecule has 1 aliphatic carbocycles. The maximum Gasteiger partial charge on any atom is 0.209 e. The Labute approximate surface area is 170 Å². The number of hydrogen-bond donors (Lipinski definition) is 0. The van der Waals surface area contributed by atoms with E-state index in [0.29, 0.717) is 6.61 Å². The monoisotopic (exact) mass is 382 g/mol. The Morgan fingerprint density at radius 3 is 2.32 bits per heavy atom. The second-order valence-electron chi connectivity index (χ2n) is 7.75. The molecule has 0 aliphatic heterocycles. The zero-order valence-corrected chi connectivity index (χ0v) is 17.6. The molecule has 3 rings (SSSR count). The van der Waals surface area contributed by atoms with Crippen LogP contribution in [0.4, 0.5) is 0 Å². The molecule has 0 heterocycles. The van der Waals surface area contributed by atoms with E-state index >= 15 is 0 Å². The average molecular weight is 383 g/mol. The molecule has 3 heteroatoms. The first-order chi connectivity index (χ1) is 13.7. The van der Waals surface area contributed by atoms with E-state index in [1.807, 2.05) is 13.0 Å². The smallest absolute Gasteiger partial charge is 0.209 e. The largest absolute Gasteiger partial charge is 0.497 e. The predicted molar refractivity (Wildman–Crippen MR) is 114 cm³/mol. The standard InChI is InChI=1S/C25H34O3/c1-4-10-20-13-15-22(16-14-20)28-24(27-5-2)25(17-7-6-8-18-25)21-11-9-12-23(19-21)26-3/h9,11-16,19,24H,4-8,10,17-18H2,1-3H3. The van der Waals surface area contributed by atoms with Crippen molar-refractivity contribution in [1.82, 2.24) is 0 Å². The van der Waals surface area contributed by atoms with Crippen LogP contribution in [0.15, 0.2) is 48.5 Å². The summed E-state index contributed by atoms with van der Waals surface area (Å²) in [5.41, 5.74) is 2.46. The van der Waals surface area contributed by atoms with Gasteiger partial charge in [-0.25, -0.2) is 0 Å². The molecule has 1 fully saturated rings. The van der Waals surface area contributed by atoms with E-state index in [4.69, 9.17) is 14.2 Å². The van der Waals surface area contributed by atoms with Crippen LogP contribution in [0, 0.1) is 0 Å². The number of methoxy groups -OCH3 is 1. The second kappa shape index (κ2) is 9.97. The summed E-state index contributed by atoms with van der Waals surface area (Å²) in [6.45, 7) is 4.88. The molecule has 1 aliphatic rings. The van der Waals surface area contributed by atoms with Crippen molar-refractivity contribution >= 4 is 0 Å². The molecule has 1 saturated carbocycles. The highest BCUT2D eigenvalue weighted by molar-refractivity contribution is 5.36. The average Bonchev–Trinajstić information content (AvgIpc) is 2.75. The number of hydrogen-bond acceptors (Lipinski definition) is 3. The summed E-state index contributed by atoms with van der Waals surface area (Å²) in [6.07, 6.45) is 7.75. The third-order valence-corrected chi connectivity index (χ3v) is 5.86. The van der Waals surface area contributed by atoms with Crippen molar-refractivity contribution in [2.45, 2.75) is 70.5 Å². The van der Waals surface area contributed by atoms with Gasteiger partial charge in [0, 0.05) is 6.61 Å². The van der Waals surface area contributed by atoms with Crippen LogP contribution >= 0.6 is 0 Å². The van der Waals surface area contributed by atoms with Crippen molar-refractivity contribution in [2.24, 2.45) is 0 Å². The highest BCUT2D eigenvalue weighted by Crippen LogP contribution is 2.45. The third-order valence-electron chi connectivity index (χ3n) is 5.86. The van der Waals surface area contributed by atoms with Crippen molar-refractivity contribution in [3.8, 4) is 11.5 Å². The molecule has 0 N–H and O–H groups in total. The van der Waals surface area contributed by atoms with Crippen molar-refractivity contribution in [1.29, 1.82) is 0 Å². The highest BCUT2D eigenvalue weighted by atomic mass is 16.7. The molecule has 28 heavy (non-hydrogen) atoms. The van der Waals surface area contributed by atoms with E-state index in [1.54, 1.807) is 7.11 Å². The molecule has 0 saturated heterocycles. The molecule has 0 aromatic heterocycles. The van der Waals surface area contributed by atoms with Gasteiger partial charge in [0.2, 0.25) is 6.29 Å². The van der Waals surface area contributed by atoms with Crippen LogP contribution in [0.2, 0.25) is 0 Å². The first kappa shape index (κ1) is 20.7. The summed E-state index contributed by atoms with van der Waals surface area (Å²) in [5.74, 6) is 1.77. The van der Waals surface area contributed by atoms with Crippen LogP contribution in [-0.2, 0) is 16.6 Å². The van der Waals surface area contributed by atoms with Gasteiger partial charge < -0.3 is 14.2 Å². The number of ether oxygens (including phenoxy) is 3. The van der Waals surface area contributed by atoms with Gasteiger partial charge in [-0.15, -0.1) is 0 Å². The molecule has 3 nitrogen and oxygen atoms in total. The molecular formula is C25H34O3. The summed E-state index contributed by atoms with van der Waals surface area (Å²) in [6, 6.07) is 16.9. The fourth-order valence-corrected chi connectivity index (χ4v) is 4.38. The quantitative estimate of drug-likeness (QED) is 0.477. The van der Waals surface area contributed by atoms with Gasteiger partial charge in [-0.1, -0.05) is 56.9 Å². The molecule has 0 radical (unpaired) electrons. The van der Waals surface area contributed by atoms with Gasteiger partial charge in [-0.3, -0.25) is 0 Å². The second-order valence-corrected chi connectivity index (χ2v) is 7.75. The molecular weight excluding hydrogens is 348 g/mol. The van der Waals surface area contributed by atoms with Crippen LogP contribution < -0.4 is 9.47 Å². The maximum absolute atomic E-state index is 6.50. The van der Waals surface area contributed by atoms with Crippen molar-refractivity contribution < 1.29 is 14.2 Å². The van der Waals surface area contributed by atoms with Crippen molar-refractivity contribution in [3.63, 3.8) is 0 Å². The summed E-state index contributed by atoms with van der Waals surface area (Å²) < 4.78 is 18.2. The van der Waals surface area contributed by atoms with E-state index in [9.17, 15) is 0 Å². The zero-order chi connectivity index (χ0) is 19.8. The van der Waals surface area contributed by atoms with Crippen LogP contribution in [0.25, 0.3) is 0 Å². The Bertz CT molecular complexity index is 717. The SMILES string of the molecule is CCCc1ccc(OC(OCC)C2(c3cccc(OC)c3)CCCCC2)cc1. The van der Waals surface area contributed by atoms with Gasteiger partial charge in [0.05, 0.1) is 12.5 Å². The third kappa shape index (κ3) is 4.70. The van der Waals surface area contributed by atoms with E-state index < -0.39 is 0 Å². The number of rotatable bonds is 9. The first-order valence-electron chi connectivity index (χ1n) is 10.7. The zero-order valence-electron chi connectivity index (χ0n) is 17.6. The fourth-order valence-electron chi connectivity index (χ4n) is 4.38. The Morgan fingerprint density at radius 2 is 1.68 bits per heavy atom. The van der Waals surface area contributed by atoms with Crippen LogP contribution in [0.1, 0.15) is 63.5 Å². The molecule has 2 aromatic rings. The lowest BCUT2D eigenvalue weighted by Gasteiger charge is -2.43. The van der Waals surface area contributed by atoms with Gasteiger partial charge in [-0.2, -0.15) is 0 Å². The van der Waals surface area contributed by atoms with E-state index in [-0.39, 0.29) is 11.7 Å². The Hall–Kier alpha value is -2.00. The molecule has 152 valence electrons. The predicted octanol–water partition coefficient (Wildman–Crippen LogP) is 6.29. The topological polar surface area (TPSA) is 27.7 Å². The molecule has 0 spiro atoms. The van der Waals surface area contributed by atoms with E-state index in [0.717, 1.165) is 37.2 Å². The van der Waals surface area contributed by atoms with Crippen LogP contribution in [-0.4, -0.2) is 20.0 Å². The minimum atomic E-state index is -0.304. The van der Waals surface area contributed by atoms with Gasteiger partial charge >= 0.3 is 0 Å². The minimum Gasteiger partial charge on any atom is -0.497 e. The van der Waals surface area contributed by atoms with Gasteiger partial charge in [-0.05, 0) is 61.6 Å². The normalized spacial score (nSPS) is 17.1. The lowest BCUT2D eigenvalue weighted by molar-refractivity contribution is -0.135. The number of aryl methyl sites for hydroxylation is 1. The van der Waals surface area contributed by atoms with Crippen LogP contribution in [0.5, 0.6) is 11.5 Å². The van der Waals surface area contributed by atoms with E-state index in [1.165, 1.54) is 30.4 Å². The van der Waals surface area contributed by atoms with Crippen LogP contribution in [0.3, 0.4) is 0 Å². The Morgan fingerprint density at radius 1 is 0.929 bits per heavy atom. The Kier molecular flexibility index (Phi) is 7.38. The summed E-state index contributed by atoms with van der Waals surface area (Å²) in [5, 5.41) is 0. The number of benzene rings is 2. The summed E-state index contributed by atoms with van der Waals surface area (Å²) >= 11 is 0. The molecule has 2 aromatic carbocycles. The lowest BCUT2D eigenvalue weighted by Crippen LogP contribution is -2.46. The molecule has 1 atom stereocenters. The molecule has 0 bridgehead atoms. The lowest BCUT2D eigenvalue weighted by atomic mass is 9.68. The summed E-state index contributed by atoms with van der Waals surface area (Å²) in [4.78, 5) is 0. The fraction of sp³-hybridized carbons (Fsp3) is 0.520. The van der Waals surface area contributed by atoms with Gasteiger partial charge in [0.15, 0.2) is 0 Å².